The fraction of sp³-hybridized carbons (Fsp3) is 0.364. The highest BCUT2D eigenvalue weighted by atomic mass is 15.5. The van der Waals surface area contributed by atoms with Crippen LogP contribution in [0.3, 0.4) is 0 Å². The minimum Gasteiger partial charge on any atom is -0.177 e. The Kier molecular flexibility index (Phi) is 2.26. The molecular formula is C11H14N4. The second kappa shape index (κ2) is 3.46. The molecule has 78 valence electrons. The Morgan fingerprint density at radius 1 is 1.00 bits per heavy atom. The van der Waals surface area contributed by atoms with E-state index in [1.807, 2.05) is 0 Å². The minimum atomic E-state index is 0.678. The van der Waals surface area contributed by atoms with Gasteiger partial charge in [0.25, 0.3) is 0 Å². The largest absolute Gasteiger partial charge is 0.205 e. The molecule has 1 N–H and O–H groups in total. The normalized spacial score (nSPS) is 10.7. The van der Waals surface area contributed by atoms with E-state index >= 15 is 0 Å². The van der Waals surface area contributed by atoms with Gasteiger partial charge < -0.3 is 0 Å². The number of nitrogens with one attached hydrogen (secondary N) is 1. The van der Waals surface area contributed by atoms with E-state index in [2.05, 4.69) is 54.4 Å². The van der Waals surface area contributed by atoms with Crippen molar-refractivity contribution in [2.75, 3.05) is 0 Å². The SMILES string of the molecule is Cc1cc(C)c(C)c(-c2nn[nH]n2)c1C. The van der Waals surface area contributed by atoms with Gasteiger partial charge >= 0.3 is 0 Å². The fourth-order valence-corrected chi connectivity index (χ4v) is 1.82. The Bertz CT molecular complexity index is 460. The summed E-state index contributed by atoms with van der Waals surface area (Å²) in [6, 6.07) is 2.19. The number of aromatic nitrogens is 4. The molecule has 0 spiro atoms. The molecule has 15 heavy (non-hydrogen) atoms. The van der Waals surface area contributed by atoms with Crippen molar-refractivity contribution in [3.05, 3.63) is 28.3 Å². The van der Waals surface area contributed by atoms with Crippen molar-refractivity contribution in [1.82, 2.24) is 20.6 Å². The van der Waals surface area contributed by atoms with Gasteiger partial charge in [0.2, 0.25) is 5.82 Å². The molecule has 0 amide bonds. The van der Waals surface area contributed by atoms with Crippen molar-refractivity contribution in [2.45, 2.75) is 27.7 Å². The third kappa shape index (κ3) is 1.52. The number of nitrogens with zero attached hydrogens (tertiary/aromatic N) is 3. The van der Waals surface area contributed by atoms with Gasteiger partial charge in [-0.15, -0.1) is 10.2 Å². The monoisotopic (exact) mass is 202 g/mol. The highest BCUT2D eigenvalue weighted by Crippen LogP contribution is 2.28. The van der Waals surface area contributed by atoms with Gasteiger partial charge in [-0.2, -0.15) is 5.21 Å². The summed E-state index contributed by atoms with van der Waals surface area (Å²) < 4.78 is 0. The smallest absolute Gasteiger partial charge is 0.177 e. The lowest BCUT2D eigenvalue weighted by Gasteiger charge is -2.11. The lowest BCUT2D eigenvalue weighted by Crippen LogP contribution is -1.96. The van der Waals surface area contributed by atoms with Crippen LogP contribution in [0.15, 0.2) is 6.07 Å². The molecule has 0 atom stereocenters. The summed E-state index contributed by atoms with van der Waals surface area (Å²) in [7, 11) is 0. The summed E-state index contributed by atoms with van der Waals surface area (Å²) >= 11 is 0. The molecule has 0 aliphatic carbocycles. The average molecular weight is 202 g/mol. The molecule has 1 aromatic heterocycles. The van der Waals surface area contributed by atoms with Crippen LogP contribution in [-0.2, 0) is 0 Å². The van der Waals surface area contributed by atoms with Crippen LogP contribution in [0.25, 0.3) is 11.4 Å². The average Bonchev–Trinajstić information content (AvgIpc) is 2.69. The summed E-state index contributed by atoms with van der Waals surface area (Å²) in [5, 5.41) is 14.2. The Labute approximate surface area is 88.7 Å². The standard InChI is InChI=1S/C11H14N4/c1-6-5-7(2)9(4)10(8(6)3)11-12-14-15-13-11/h5H,1-4H3,(H,12,13,14,15). The van der Waals surface area contributed by atoms with Gasteiger partial charge in [-0.05, 0) is 55.2 Å². The first kappa shape index (κ1) is 9.83. The molecule has 1 heterocycles. The van der Waals surface area contributed by atoms with Crippen molar-refractivity contribution in [3.8, 4) is 11.4 Å². The van der Waals surface area contributed by atoms with Gasteiger partial charge in [0.1, 0.15) is 0 Å². The van der Waals surface area contributed by atoms with Crippen LogP contribution >= 0.6 is 0 Å². The number of benzene rings is 1. The summed E-state index contributed by atoms with van der Waals surface area (Å²) in [6.07, 6.45) is 0. The maximum absolute atomic E-state index is 4.04. The lowest BCUT2D eigenvalue weighted by atomic mass is 9.94. The molecule has 2 aromatic rings. The Balaban J connectivity index is 2.75. The summed E-state index contributed by atoms with van der Waals surface area (Å²) in [5.74, 6) is 0.678. The highest BCUT2D eigenvalue weighted by Gasteiger charge is 2.13. The van der Waals surface area contributed by atoms with Crippen molar-refractivity contribution in [3.63, 3.8) is 0 Å². The van der Waals surface area contributed by atoms with Gasteiger partial charge in [0, 0.05) is 5.56 Å². The molecule has 1 aromatic carbocycles. The molecule has 0 aliphatic heterocycles. The zero-order chi connectivity index (χ0) is 11.0. The van der Waals surface area contributed by atoms with Crippen molar-refractivity contribution in [1.29, 1.82) is 0 Å². The van der Waals surface area contributed by atoms with Crippen LogP contribution in [0, 0.1) is 27.7 Å². The van der Waals surface area contributed by atoms with E-state index in [9.17, 15) is 0 Å². The number of hydrogen-bond acceptors (Lipinski definition) is 3. The van der Waals surface area contributed by atoms with Crippen LogP contribution in [0.2, 0.25) is 0 Å². The van der Waals surface area contributed by atoms with E-state index in [1.54, 1.807) is 0 Å². The first-order valence-electron chi connectivity index (χ1n) is 4.92. The number of rotatable bonds is 1. The molecule has 0 saturated heterocycles. The zero-order valence-electron chi connectivity index (χ0n) is 9.42. The van der Waals surface area contributed by atoms with E-state index in [4.69, 9.17) is 0 Å². The molecule has 0 saturated carbocycles. The molecule has 0 fully saturated rings. The van der Waals surface area contributed by atoms with E-state index in [0.29, 0.717) is 5.82 Å². The first-order chi connectivity index (χ1) is 7.11. The molecule has 0 aliphatic rings. The van der Waals surface area contributed by atoms with Crippen LogP contribution in [0.4, 0.5) is 0 Å². The van der Waals surface area contributed by atoms with Gasteiger partial charge in [-0.3, -0.25) is 0 Å². The van der Waals surface area contributed by atoms with Crippen LogP contribution in [0.1, 0.15) is 22.3 Å². The predicted octanol–water partition coefficient (Wildman–Crippen LogP) is 2.10. The van der Waals surface area contributed by atoms with Crippen molar-refractivity contribution < 1.29 is 0 Å². The maximum atomic E-state index is 4.04. The number of tetrazole rings is 1. The fourth-order valence-electron chi connectivity index (χ4n) is 1.82. The van der Waals surface area contributed by atoms with Crippen LogP contribution in [0.5, 0.6) is 0 Å². The van der Waals surface area contributed by atoms with Gasteiger partial charge in [0.05, 0.1) is 0 Å². The Hall–Kier alpha value is -1.71. The molecule has 0 bridgehead atoms. The first-order valence-corrected chi connectivity index (χ1v) is 4.92. The highest BCUT2D eigenvalue weighted by molar-refractivity contribution is 5.67. The summed E-state index contributed by atoms with van der Waals surface area (Å²) in [6.45, 7) is 8.39. The van der Waals surface area contributed by atoms with E-state index in [-0.39, 0.29) is 0 Å². The number of hydrogen-bond donors (Lipinski definition) is 1. The molecule has 0 unspecified atom stereocenters. The van der Waals surface area contributed by atoms with Gasteiger partial charge in [-0.1, -0.05) is 6.07 Å². The van der Waals surface area contributed by atoms with Crippen molar-refractivity contribution in [2.24, 2.45) is 0 Å². The van der Waals surface area contributed by atoms with Crippen molar-refractivity contribution >= 4 is 0 Å². The second-order valence-electron chi connectivity index (χ2n) is 3.87. The zero-order valence-corrected chi connectivity index (χ0v) is 9.42. The lowest BCUT2D eigenvalue weighted by molar-refractivity contribution is 0.881. The topological polar surface area (TPSA) is 54.5 Å². The molecular weight excluding hydrogens is 188 g/mol. The predicted molar refractivity (Wildman–Crippen MR) is 58.6 cm³/mol. The number of aromatic amines is 1. The summed E-state index contributed by atoms with van der Waals surface area (Å²) in [4.78, 5) is 0. The quantitative estimate of drug-likeness (QED) is 0.770. The van der Waals surface area contributed by atoms with Crippen LogP contribution < -0.4 is 0 Å². The van der Waals surface area contributed by atoms with E-state index in [1.165, 1.54) is 22.3 Å². The molecule has 0 radical (unpaired) electrons. The van der Waals surface area contributed by atoms with Crippen LogP contribution in [-0.4, -0.2) is 20.6 Å². The maximum Gasteiger partial charge on any atom is 0.205 e. The van der Waals surface area contributed by atoms with Gasteiger partial charge in [-0.25, -0.2) is 0 Å². The minimum absolute atomic E-state index is 0.678. The third-order valence-electron chi connectivity index (χ3n) is 2.93. The number of aryl methyl sites for hydroxylation is 2. The Morgan fingerprint density at radius 3 is 2.07 bits per heavy atom. The molecule has 2 rings (SSSR count). The second-order valence-corrected chi connectivity index (χ2v) is 3.87. The molecule has 4 nitrogen and oxygen atoms in total. The Morgan fingerprint density at radius 2 is 1.60 bits per heavy atom. The van der Waals surface area contributed by atoms with Gasteiger partial charge in [0.15, 0.2) is 0 Å². The number of H-pyrrole nitrogens is 1. The van der Waals surface area contributed by atoms with E-state index < -0.39 is 0 Å². The molecule has 4 heteroatoms. The summed E-state index contributed by atoms with van der Waals surface area (Å²) in [5.41, 5.74) is 6.07. The third-order valence-corrected chi connectivity index (χ3v) is 2.93. The van der Waals surface area contributed by atoms with E-state index in [0.717, 1.165) is 5.56 Å².